The van der Waals surface area contributed by atoms with Gasteiger partial charge in [0.25, 0.3) is 0 Å². The van der Waals surface area contributed by atoms with Gasteiger partial charge in [-0.2, -0.15) is 0 Å². The number of likely N-dealkylation sites (N-methyl/N-ethyl adjacent to an activating group) is 1. The Morgan fingerprint density at radius 3 is 2.40 bits per heavy atom. The van der Waals surface area contributed by atoms with Crippen LogP contribution in [-0.4, -0.2) is 56.3 Å². The molecule has 142 valence electrons. The number of nitrogens with zero attached hydrogens (tertiary/aromatic N) is 2. The van der Waals surface area contributed by atoms with Gasteiger partial charge in [0, 0.05) is 0 Å². The predicted octanol–water partition coefficient (Wildman–Crippen LogP) is 4.28. The first-order valence-corrected chi connectivity index (χ1v) is 9.71. The monoisotopic (exact) mass is 369 g/mol. The Bertz CT molecular complexity index is 553. The van der Waals surface area contributed by atoms with Crippen molar-refractivity contribution in [1.29, 1.82) is 0 Å². The number of carbonyl (C=O) groups is 1. The third kappa shape index (κ3) is 6.87. The van der Waals surface area contributed by atoms with Crippen molar-refractivity contribution in [2.45, 2.75) is 47.1 Å². The minimum Gasteiger partial charge on any atom is -0.463 e. The van der Waals surface area contributed by atoms with E-state index < -0.39 is 0 Å². The average Bonchev–Trinajstić information content (AvgIpc) is 2.56. The Morgan fingerprint density at radius 1 is 1.28 bits per heavy atom. The molecule has 1 fully saturated rings. The Hall–Kier alpha value is -1.26. The van der Waals surface area contributed by atoms with Gasteiger partial charge in [0.1, 0.15) is 0 Å². The van der Waals surface area contributed by atoms with Gasteiger partial charge >= 0.3 is 5.97 Å². The van der Waals surface area contributed by atoms with Gasteiger partial charge in [0.05, 0.1) is 63.0 Å². The highest BCUT2D eigenvalue weighted by Gasteiger charge is 2.30. The van der Waals surface area contributed by atoms with E-state index in [4.69, 9.17) is 16.3 Å². The summed E-state index contributed by atoms with van der Waals surface area (Å²) in [5.74, 6) is -0.0941. The number of anilines is 1. The molecule has 0 radical (unpaired) electrons. The summed E-state index contributed by atoms with van der Waals surface area (Å²) in [6.07, 6.45) is 0.452. The van der Waals surface area contributed by atoms with Crippen LogP contribution in [0.1, 0.15) is 39.7 Å². The SMILES string of the molecule is CC.Cc1ccc(N2CC[N+](C)(CCC(=O)OC(C)C)CC2)c(Cl)c1. The summed E-state index contributed by atoms with van der Waals surface area (Å²) in [6, 6.07) is 6.22. The fraction of sp³-hybridized carbons (Fsp3) is 0.650. The Balaban J connectivity index is 0.00000151. The van der Waals surface area contributed by atoms with Gasteiger partial charge in [-0.05, 0) is 38.5 Å². The number of benzene rings is 1. The molecule has 0 spiro atoms. The molecule has 0 N–H and O–H groups in total. The molecule has 1 aromatic carbocycles. The zero-order valence-corrected chi connectivity index (χ0v) is 17.4. The highest BCUT2D eigenvalue weighted by atomic mass is 35.5. The first-order chi connectivity index (χ1) is 11.8. The molecule has 0 unspecified atom stereocenters. The largest absolute Gasteiger partial charge is 0.463 e. The number of carbonyl (C=O) groups excluding carboxylic acids is 1. The van der Waals surface area contributed by atoms with Crippen molar-refractivity contribution in [2.75, 3.05) is 44.7 Å². The molecule has 0 atom stereocenters. The molecule has 1 heterocycles. The maximum atomic E-state index is 11.7. The van der Waals surface area contributed by atoms with Gasteiger partial charge in [-0.1, -0.05) is 31.5 Å². The van der Waals surface area contributed by atoms with Crippen LogP contribution in [0.2, 0.25) is 5.02 Å². The summed E-state index contributed by atoms with van der Waals surface area (Å²) >= 11 is 6.38. The second-order valence-electron chi connectivity index (χ2n) is 7.02. The van der Waals surface area contributed by atoms with Crippen molar-refractivity contribution < 1.29 is 14.0 Å². The van der Waals surface area contributed by atoms with E-state index in [1.165, 1.54) is 5.56 Å². The second kappa shape index (κ2) is 10.0. The summed E-state index contributed by atoms with van der Waals surface area (Å²) in [5, 5.41) is 0.821. The summed E-state index contributed by atoms with van der Waals surface area (Å²) < 4.78 is 6.14. The van der Waals surface area contributed by atoms with Gasteiger partial charge in [-0.15, -0.1) is 0 Å². The van der Waals surface area contributed by atoms with Gasteiger partial charge in [0.15, 0.2) is 0 Å². The number of aryl methyl sites for hydroxylation is 1. The third-order valence-electron chi connectivity index (χ3n) is 4.49. The second-order valence-corrected chi connectivity index (χ2v) is 7.43. The normalized spacial score (nSPS) is 16.2. The molecule has 0 aliphatic carbocycles. The summed E-state index contributed by atoms with van der Waals surface area (Å²) in [7, 11) is 2.22. The summed E-state index contributed by atoms with van der Waals surface area (Å²) in [5.41, 5.74) is 2.29. The van der Waals surface area contributed by atoms with Crippen LogP contribution in [0.15, 0.2) is 18.2 Å². The highest BCUT2D eigenvalue weighted by Crippen LogP contribution is 2.28. The molecule has 0 aromatic heterocycles. The molecule has 25 heavy (non-hydrogen) atoms. The lowest BCUT2D eigenvalue weighted by Crippen LogP contribution is -2.58. The topological polar surface area (TPSA) is 29.5 Å². The lowest BCUT2D eigenvalue weighted by Gasteiger charge is -2.43. The van der Waals surface area contributed by atoms with Crippen molar-refractivity contribution in [2.24, 2.45) is 0 Å². The fourth-order valence-corrected chi connectivity index (χ4v) is 3.32. The molecule has 2 rings (SSSR count). The molecular weight excluding hydrogens is 336 g/mol. The first kappa shape index (κ1) is 21.8. The molecule has 0 saturated carbocycles. The minimum absolute atomic E-state index is 0.0340. The Kier molecular flexibility index (Phi) is 8.74. The van der Waals surface area contributed by atoms with E-state index >= 15 is 0 Å². The minimum atomic E-state index is -0.0941. The number of hydrogen-bond donors (Lipinski definition) is 0. The number of ether oxygens (including phenoxy) is 1. The van der Waals surface area contributed by atoms with Crippen molar-refractivity contribution >= 4 is 23.3 Å². The van der Waals surface area contributed by atoms with E-state index in [0.29, 0.717) is 6.42 Å². The van der Waals surface area contributed by atoms with Crippen LogP contribution in [0.4, 0.5) is 5.69 Å². The van der Waals surface area contributed by atoms with E-state index in [1.807, 2.05) is 33.8 Å². The van der Waals surface area contributed by atoms with E-state index in [0.717, 1.165) is 47.9 Å². The van der Waals surface area contributed by atoms with Crippen LogP contribution in [-0.2, 0) is 9.53 Å². The van der Waals surface area contributed by atoms with Gasteiger partial charge in [0.2, 0.25) is 0 Å². The van der Waals surface area contributed by atoms with Crippen LogP contribution in [0.3, 0.4) is 0 Å². The van der Waals surface area contributed by atoms with Crippen molar-refractivity contribution in [1.82, 2.24) is 0 Å². The number of quaternary nitrogens is 1. The molecule has 1 aromatic rings. The lowest BCUT2D eigenvalue weighted by atomic mass is 10.1. The molecule has 5 heteroatoms. The molecule has 4 nitrogen and oxygen atoms in total. The molecule has 1 saturated heterocycles. The summed E-state index contributed by atoms with van der Waals surface area (Å²) in [4.78, 5) is 14.1. The maximum absolute atomic E-state index is 11.7. The summed E-state index contributed by atoms with van der Waals surface area (Å²) in [6.45, 7) is 14.6. The highest BCUT2D eigenvalue weighted by molar-refractivity contribution is 6.33. The quantitative estimate of drug-likeness (QED) is 0.573. The Morgan fingerprint density at radius 2 is 1.88 bits per heavy atom. The van der Waals surface area contributed by atoms with Crippen LogP contribution < -0.4 is 4.90 Å². The van der Waals surface area contributed by atoms with E-state index in [9.17, 15) is 4.79 Å². The number of piperazine rings is 1. The van der Waals surface area contributed by atoms with Crippen LogP contribution in [0.5, 0.6) is 0 Å². The van der Waals surface area contributed by atoms with Crippen LogP contribution in [0.25, 0.3) is 0 Å². The molecule has 0 bridgehead atoms. The lowest BCUT2D eigenvalue weighted by molar-refractivity contribution is -0.909. The zero-order valence-electron chi connectivity index (χ0n) is 16.6. The smallest absolute Gasteiger partial charge is 0.311 e. The van der Waals surface area contributed by atoms with Gasteiger partial charge < -0.3 is 14.1 Å². The van der Waals surface area contributed by atoms with Crippen LogP contribution in [0, 0.1) is 6.92 Å². The third-order valence-corrected chi connectivity index (χ3v) is 4.79. The van der Waals surface area contributed by atoms with Gasteiger partial charge in [-0.3, -0.25) is 4.79 Å². The fourth-order valence-electron chi connectivity index (χ4n) is 2.96. The average molecular weight is 370 g/mol. The Labute approximate surface area is 158 Å². The number of esters is 1. The van der Waals surface area contributed by atoms with Crippen molar-refractivity contribution in [3.05, 3.63) is 28.8 Å². The van der Waals surface area contributed by atoms with Crippen molar-refractivity contribution in [3.63, 3.8) is 0 Å². The van der Waals surface area contributed by atoms with Crippen LogP contribution >= 0.6 is 11.6 Å². The molecule has 0 amide bonds. The number of halogens is 1. The van der Waals surface area contributed by atoms with Crippen molar-refractivity contribution in [3.8, 4) is 0 Å². The van der Waals surface area contributed by atoms with E-state index in [-0.39, 0.29) is 12.1 Å². The van der Waals surface area contributed by atoms with E-state index in [2.05, 4.69) is 31.0 Å². The molecule has 1 aliphatic rings. The first-order valence-electron chi connectivity index (χ1n) is 9.33. The maximum Gasteiger partial charge on any atom is 0.311 e. The molecular formula is C20H34ClN2O2+. The molecule has 1 aliphatic heterocycles. The van der Waals surface area contributed by atoms with Gasteiger partial charge in [-0.25, -0.2) is 0 Å². The predicted molar refractivity (Wildman–Crippen MR) is 106 cm³/mol. The zero-order chi connectivity index (χ0) is 19.0. The number of hydrogen-bond acceptors (Lipinski definition) is 3. The number of rotatable bonds is 5. The van der Waals surface area contributed by atoms with E-state index in [1.54, 1.807) is 0 Å². The standard InChI is InChI=1S/C18H28ClN2O2.C2H6/c1-14(2)23-18(22)7-10-21(4)11-8-20(9-12-21)17-6-5-15(3)13-16(17)19;1-2/h5-6,13-14H,7-12H2,1-4H3;1-2H3/q+1;.